The molecule has 3 aromatic carbocycles. The molecule has 0 unspecified atom stereocenters. The zero-order valence-corrected chi connectivity index (χ0v) is 21.2. The predicted octanol–water partition coefficient (Wildman–Crippen LogP) is 6.02. The summed E-state index contributed by atoms with van der Waals surface area (Å²) in [5, 5.41) is 4.48. The van der Waals surface area contributed by atoms with Crippen molar-refractivity contribution in [2.75, 3.05) is 36.6 Å². The molecule has 39 heavy (non-hydrogen) atoms. The lowest BCUT2D eigenvalue weighted by Crippen LogP contribution is -2.37. The van der Waals surface area contributed by atoms with Gasteiger partial charge in [0.15, 0.2) is 11.6 Å². The number of rotatable bonds is 7. The number of hydrazone groups is 1. The maximum atomic E-state index is 14.5. The first kappa shape index (κ1) is 24.5. The van der Waals surface area contributed by atoms with Crippen LogP contribution in [0.1, 0.15) is 5.56 Å². The van der Waals surface area contributed by atoms with Crippen LogP contribution in [0.15, 0.2) is 108 Å². The Labute approximate surface area is 226 Å². The van der Waals surface area contributed by atoms with Crippen molar-refractivity contribution in [3.63, 3.8) is 0 Å². The molecule has 6 rings (SSSR count). The van der Waals surface area contributed by atoms with E-state index in [4.69, 9.17) is 4.74 Å². The lowest BCUT2D eigenvalue weighted by molar-refractivity contribution is 0.122. The number of nitrogens with zero attached hydrogens (tertiary/aromatic N) is 5. The average molecular weight is 519 g/mol. The molecule has 0 bridgehead atoms. The van der Waals surface area contributed by atoms with Crippen molar-refractivity contribution in [2.45, 2.75) is 0 Å². The van der Waals surface area contributed by atoms with Crippen molar-refractivity contribution in [3.05, 3.63) is 115 Å². The highest BCUT2D eigenvalue weighted by Crippen LogP contribution is 2.35. The number of nitrogens with one attached hydrogen (secondary N) is 1. The Bertz CT molecular complexity index is 1570. The van der Waals surface area contributed by atoms with Gasteiger partial charge in [-0.15, -0.1) is 0 Å². The van der Waals surface area contributed by atoms with E-state index in [1.54, 1.807) is 6.21 Å². The van der Waals surface area contributed by atoms with Gasteiger partial charge in [0.05, 0.1) is 37.0 Å². The standard InChI is InChI=1S/C31H27FN6O/c32-27-22-33-31(35-30(27)37-16-18-39-19-17-37)36-34-21-25-20-28(23-10-4-1-5-11-23)38(26-14-8-3-9-15-26)29(25)24-12-6-2-7-13-24/h1-15,20-22H,16-19H2,(H,33,35,36)/b34-21-. The van der Waals surface area contributed by atoms with Crippen LogP contribution in [-0.2, 0) is 4.74 Å². The van der Waals surface area contributed by atoms with Crippen molar-refractivity contribution in [1.29, 1.82) is 0 Å². The third kappa shape index (κ3) is 5.28. The second-order valence-electron chi connectivity index (χ2n) is 9.07. The van der Waals surface area contributed by atoms with Gasteiger partial charge >= 0.3 is 0 Å². The summed E-state index contributed by atoms with van der Waals surface area (Å²) in [4.78, 5) is 10.3. The van der Waals surface area contributed by atoms with Gasteiger partial charge in [-0.2, -0.15) is 10.1 Å². The van der Waals surface area contributed by atoms with Crippen LogP contribution in [0.3, 0.4) is 0 Å². The van der Waals surface area contributed by atoms with Crippen LogP contribution in [-0.4, -0.2) is 47.1 Å². The molecule has 0 atom stereocenters. The molecule has 3 heterocycles. The minimum Gasteiger partial charge on any atom is -0.378 e. The number of benzene rings is 3. The molecule has 1 fully saturated rings. The fourth-order valence-corrected chi connectivity index (χ4v) is 4.76. The van der Waals surface area contributed by atoms with E-state index in [0.717, 1.165) is 33.8 Å². The van der Waals surface area contributed by atoms with E-state index in [0.29, 0.717) is 26.3 Å². The number of para-hydroxylation sites is 1. The Morgan fingerprint density at radius 2 is 1.49 bits per heavy atom. The molecule has 7 nitrogen and oxygen atoms in total. The second-order valence-corrected chi connectivity index (χ2v) is 9.07. The van der Waals surface area contributed by atoms with Crippen LogP contribution < -0.4 is 10.3 Å². The van der Waals surface area contributed by atoms with Gasteiger partial charge in [-0.3, -0.25) is 0 Å². The summed E-state index contributed by atoms with van der Waals surface area (Å²) in [5.74, 6) is 0.00369. The summed E-state index contributed by atoms with van der Waals surface area (Å²) in [6.07, 6.45) is 2.93. The highest BCUT2D eigenvalue weighted by atomic mass is 19.1. The van der Waals surface area contributed by atoms with E-state index in [1.165, 1.54) is 6.20 Å². The molecule has 194 valence electrons. The summed E-state index contributed by atoms with van der Waals surface area (Å²) in [6, 6.07) is 32.9. The summed E-state index contributed by atoms with van der Waals surface area (Å²) < 4.78 is 22.1. The van der Waals surface area contributed by atoms with Crippen molar-refractivity contribution in [1.82, 2.24) is 14.5 Å². The van der Waals surface area contributed by atoms with Gasteiger partial charge in [-0.25, -0.2) is 14.8 Å². The molecular formula is C31H27FN6O. The van der Waals surface area contributed by atoms with E-state index in [9.17, 15) is 4.39 Å². The molecule has 0 saturated carbocycles. The molecule has 1 aliphatic rings. The Balaban J connectivity index is 1.41. The molecule has 0 amide bonds. The molecule has 0 aliphatic carbocycles. The highest BCUT2D eigenvalue weighted by Gasteiger charge is 2.20. The number of anilines is 2. The largest absolute Gasteiger partial charge is 0.378 e. The van der Waals surface area contributed by atoms with Crippen LogP contribution in [0, 0.1) is 5.82 Å². The number of hydrogen-bond donors (Lipinski definition) is 1. The molecule has 0 radical (unpaired) electrons. The Morgan fingerprint density at radius 3 is 2.18 bits per heavy atom. The Hall–Kier alpha value is -4.82. The van der Waals surface area contributed by atoms with Gasteiger partial charge in [0.25, 0.3) is 0 Å². The number of aromatic nitrogens is 3. The molecule has 2 aromatic heterocycles. The molecule has 5 aromatic rings. The van der Waals surface area contributed by atoms with E-state index in [-0.39, 0.29) is 11.8 Å². The quantitative estimate of drug-likeness (QED) is 0.211. The first-order valence-electron chi connectivity index (χ1n) is 12.8. The normalized spacial score (nSPS) is 13.6. The van der Waals surface area contributed by atoms with E-state index >= 15 is 0 Å². The van der Waals surface area contributed by atoms with Gasteiger partial charge in [0.1, 0.15) is 0 Å². The summed E-state index contributed by atoms with van der Waals surface area (Å²) >= 11 is 0. The number of morpholine rings is 1. The predicted molar refractivity (Wildman–Crippen MR) is 153 cm³/mol. The van der Waals surface area contributed by atoms with Crippen molar-refractivity contribution in [3.8, 4) is 28.2 Å². The van der Waals surface area contributed by atoms with Crippen molar-refractivity contribution >= 4 is 18.0 Å². The molecule has 1 saturated heterocycles. The van der Waals surface area contributed by atoms with Crippen molar-refractivity contribution < 1.29 is 9.13 Å². The molecule has 1 N–H and O–H groups in total. The van der Waals surface area contributed by atoms with Gasteiger partial charge < -0.3 is 14.2 Å². The smallest absolute Gasteiger partial charge is 0.245 e. The maximum absolute atomic E-state index is 14.5. The minimum atomic E-state index is -0.467. The highest BCUT2D eigenvalue weighted by molar-refractivity contribution is 5.93. The lowest BCUT2D eigenvalue weighted by atomic mass is 10.1. The summed E-state index contributed by atoms with van der Waals surface area (Å²) in [6.45, 7) is 2.22. The topological polar surface area (TPSA) is 67.6 Å². The van der Waals surface area contributed by atoms with Crippen molar-refractivity contribution in [2.24, 2.45) is 5.10 Å². The first-order valence-corrected chi connectivity index (χ1v) is 12.8. The molecular weight excluding hydrogens is 491 g/mol. The summed E-state index contributed by atoms with van der Waals surface area (Å²) in [5.41, 5.74) is 9.03. The van der Waals surface area contributed by atoms with Gasteiger partial charge in [0.2, 0.25) is 5.95 Å². The second kappa shape index (κ2) is 11.3. The van der Waals surface area contributed by atoms with Gasteiger partial charge in [-0.1, -0.05) is 78.9 Å². The van der Waals surface area contributed by atoms with Gasteiger partial charge in [-0.05, 0) is 29.3 Å². The third-order valence-corrected chi connectivity index (χ3v) is 6.57. The SMILES string of the molecule is Fc1cnc(N/N=C\c2cc(-c3ccccc3)n(-c3ccccc3)c2-c2ccccc2)nc1N1CCOCC1. The average Bonchev–Trinajstić information content (AvgIpc) is 3.39. The minimum absolute atomic E-state index is 0.223. The molecule has 1 aliphatic heterocycles. The summed E-state index contributed by atoms with van der Waals surface area (Å²) in [7, 11) is 0. The number of hydrogen-bond acceptors (Lipinski definition) is 6. The number of halogens is 1. The van der Waals surface area contributed by atoms with Gasteiger partial charge in [0, 0.05) is 24.3 Å². The lowest BCUT2D eigenvalue weighted by Gasteiger charge is -2.27. The van der Waals surface area contributed by atoms with Crippen LogP contribution in [0.5, 0.6) is 0 Å². The van der Waals surface area contributed by atoms with Crippen LogP contribution >= 0.6 is 0 Å². The maximum Gasteiger partial charge on any atom is 0.245 e. The van der Waals surface area contributed by atoms with E-state index in [1.807, 2.05) is 59.5 Å². The third-order valence-electron chi connectivity index (χ3n) is 6.57. The van der Waals surface area contributed by atoms with Crippen LogP contribution in [0.2, 0.25) is 0 Å². The Kier molecular flexibility index (Phi) is 7.09. The molecule has 8 heteroatoms. The molecule has 0 spiro atoms. The van der Waals surface area contributed by atoms with E-state index in [2.05, 4.69) is 67.5 Å². The van der Waals surface area contributed by atoms with E-state index < -0.39 is 5.82 Å². The fraction of sp³-hybridized carbons (Fsp3) is 0.129. The monoisotopic (exact) mass is 518 g/mol. The fourth-order valence-electron chi connectivity index (χ4n) is 4.76. The zero-order valence-electron chi connectivity index (χ0n) is 21.2. The van der Waals surface area contributed by atoms with Crippen LogP contribution in [0.25, 0.3) is 28.2 Å². The Morgan fingerprint density at radius 1 is 0.846 bits per heavy atom. The number of ether oxygens (including phenoxy) is 1. The zero-order chi connectivity index (χ0) is 26.4. The van der Waals surface area contributed by atoms with Crippen LogP contribution in [0.4, 0.5) is 16.2 Å². The first-order chi connectivity index (χ1) is 19.3.